The normalized spacial score (nSPS) is 13.7. The van der Waals surface area contributed by atoms with E-state index in [2.05, 4.69) is 6.58 Å². The van der Waals surface area contributed by atoms with E-state index in [1.165, 1.54) is 18.2 Å². The van der Waals surface area contributed by atoms with Crippen molar-refractivity contribution in [2.45, 2.75) is 18.9 Å². The van der Waals surface area contributed by atoms with Crippen LogP contribution in [0.4, 0.5) is 0 Å². The highest BCUT2D eigenvalue weighted by Gasteiger charge is 2.32. The van der Waals surface area contributed by atoms with Crippen LogP contribution in [0.3, 0.4) is 0 Å². The Hall–Kier alpha value is -2.01. The van der Waals surface area contributed by atoms with Gasteiger partial charge in [0.15, 0.2) is 11.5 Å². The van der Waals surface area contributed by atoms with Gasteiger partial charge in [0, 0.05) is 6.42 Å². The molecule has 0 aliphatic rings. The monoisotopic (exact) mass is 251 g/mol. The molecule has 0 spiro atoms. The summed E-state index contributed by atoms with van der Waals surface area (Å²) in [6.45, 7) is 5.45. The van der Waals surface area contributed by atoms with Gasteiger partial charge in [0.25, 0.3) is 0 Å². The SMILES string of the molecule is C=CC(N)(Cc1ccc(O)c(O)c1)C(=O)OCC. The van der Waals surface area contributed by atoms with Gasteiger partial charge < -0.3 is 20.7 Å². The first-order valence-electron chi connectivity index (χ1n) is 5.53. The molecular formula is C13H17NO4. The van der Waals surface area contributed by atoms with Crippen molar-refractivity contribution in [2.75, 3.05) is 6.61 Å². The lowest BCUT2D eigenvalue weighted by Crippen LogP contribution is -2.49. The highest BCUT2D eigenvalue weighted by atomic mass is 16.5. The lowest BCUT2D eigenvalue weighted by Gasteiger charge is -2.23. The van der Waals surface area contributed by atoms with Gasteiger partial charge in [0.1, 0.15) is 5.54 Å². The number of hydrogen-bond donors (Lipinski definition) is 3. The Morgan fingerprint density at radius 1 is 1.50 bits per heavy atom. The van der Waals surface area contributed by atoms with E-state index in [-0.39, 0.29) is 24.5 Å². The molecule has 5 heteroatoms. The van der Waals surface area contributed by atoms with Crippen molar-refractivity contribution in [3.05, 3.63) is 36.4 Å². The highest BCUT2D eigenvalue weighted by molar-refractivity contribution is 5.83. The van der Waals surface area contributed by atoms with Crippen LogP contribution in [-0.4, -0.2) is 28.3 Å². The standard InChI is InChI=1S/C13H17NO4/c1-3-13(14,12(17)18-4-2)8-9-5-6-10(15)11(16)7-9/h3,5-7,15-16H,1,4,8,14H2,2H3. The lowest BCUT2D eigenvalue weighted by atomic mass is 9.92. The molecule has 0 amide bonds. The highest BCUT2D eigenvalue weighted by Crippen LogP contribution is 2.26. The molecular weight excluding hydrogens is 234 g/mol. The van der Waals surface area contributed by atoms with E-state index in [1.54, 1.807) is 13.0 Å². The summed E-state index contributed by atoms with van der Waals surface area (Å²) in [5, 5.41) is 18.6. The van der Waals surface area contributed by atoms with Crippen molar-refractivity contribution in [3.8, 4) is 11.5 Å². The molecule has 0 saturated heterocycles. The van der Waals surface area contributed by atoms with E-state index >= 15 is 0 Å². The molecule has 18 heavy (non-hydrogen) atoms. The van der Waals surface area contributed by atoms with Crippen LogP contribution in [0, 0.1) is 0 Å². The second-order valence-corrected chi connectivity index (χ2v) is 3.96. The van der Waals surface area contributed by atoms with Crippen LogP contribution in [0.25, 0.3) is 0 Å². The second-order valence-electron chi connectivity index (χ2n) is 3.96. The molecule has 1 unspecified atom stereocenters. The smallest absolute Gasteiger partial charge is 0.330 e. The molecule has 0 radical (unpaired) electrons. The first-order chi connectivity index (χ1) is 8.42. The summed E-state index contributed by atoms with van der Waals surface area (Å²) in [6, 6.07) is 4.25. The number of hydrogen-bond acceptors (Lipinski definition) is 5. The molecule has 1 aromatic rings. The zero-order chi connectivity index (χ0) is 13.8. The van der Waals surface area contributed by atoms with E-state index in [4.69, 9.17) is 10.5 Å². The van der Waals surface area contributed by atoms with Crippen LogP contribution in [0.1, 0.15) is 12.5 Å². The molecule has 0 saturated carbocycles. The number of carbonyl (C=O) groups excluding carboxylic acids is 1. The fraction of sp³-hybridized carbons (Fsp3) is 0.308. The zero-order valence-electron chi connectivity index (χ0n) is 10.2. The largest absolute Gasteiger partial charge is 0.504 e. The fourth-order valence-corrected chi connectivity index (χ4v) is 1.51. The summed E-state index contributed by atoms with van der Waals surface area (Å²) in [6.07, 6.45) is 1.44. The lowest BCUT2D eigenvalue weighted by molar-refractivity contribution is -0.147. The molecule has 0 bridgehead atoms. The summed E-state index contributed by atoms with van der Waals surface area (Å²) in [5.74, 6) is -1.06. The number of phenolic OH excluding ortho intramolecular Hbond substituents is 2. The Kier molecular flexibility index (Phi) is 4.33. The van der Waals surface area contributed by atoms with E-state index in [0.29, 0.717) is 5.56 Å². The predicted molar refractivity (Wildman–Crippen MR) is 67.2 cm³/mol. The van der Waals surface area contributed by atoms with Gasteiger partial charge in [-0.1, -0.05) is 12.1 Å². The van der Waals surface area contributed by atoms with Gasteiger partial charge in [-0.05, 0) is 24.6 Å². The molecule has 0 aliphatic carbocycles. The van der Waals surface area contributed by atoms with E-state index in [9.17, 15) is 15.0 Å². The molecule has 0 aromatic heterocycles. The predicted octanol–water partition coefficient (Wildman–Crippen LogP) is 1.09. The van der Waals surface area contributed by atoms with E-state index in [1.807, 2.05) is 0 Å². The molecule has 1 atom stereocenters. The third kappa shape index (κ3) is 3.01. The van der Waals surface area contributed by atoms with Crippen molar-refractivity contribution in [1.82, 2.24) is 0 Å². The van der Waals surface area contributed by atoms with Crippen LogP contribution in [0.2, 0.25) is 0 Å². The van der Waals surface area contributed by atoms with E-state index < -0.39 is 11.5 Å². The van der Waals surface area contributed by atoms with Gasteiger partial charge in [0.2, 0.25) is 0 Å². The summed E-state index contributed by atoms with van der Waals surface area (Å²) < 4.78 is 4.88. The molecule has 1 aromatic carbocycles. The Morgan fingerprint density at radius 3 is 2.67 bits per heavy atom. The Morgan fingerprint density at radius 2 is 2.17 bits per heavy atom. The van der Waals surface area contributed by atoms with Crippen molar-refractivity contribution >= 4 is 5.97 Å². The molecule has 98 valence electrons. The van der Waals surface area contributed by atoms with Gasteiger partial charge >= 0.3 is 5.97 Å². The van der Waals surface area contributed by atoms with Crippen LogP contribution in [-0.2, 0) is 16.0 Å². The third-order valence-electron chi connectivity index (χ3n) is 2.56. The molecule has 0 heterocycles. The average molecular weight is 251 g/mol. The zero-order valence-corrected chi connectivity index (χ0v) is 10.2. The Balaban J connectivity index is 2.94. The number of esters is 1. The minimum absolute atomic E-state index is 0.128. The maximum absolute atomic E-state index is 11.7. The number of nitrogens with two attached hydrogens (primary N) is 1. The van der Waals surface area contributed by atoms with Gasteiger partial charge in [0.05, 0.1) is 6.61 Å². The molecule has 5 nitrogen and oxygen atoms in total. The van der Waals surface area contributed by atoms with Crippen LogP contribution in [0.5, 0.6) is 11.5 Å². The molecule has 1 rings (SSSR count). The summed E-state index contributed by atoms with van der Waals surface area (Å²) >= 11 is 0. The van der Waals surface area contributed by atoms with Crippen molar-refractivity contribution in [1.29, 1.82) is 0 Å². The first kappa shape index (κ1) is 14.1. The van der Waals surface area contributed by atoms with Crippen molar-refractivity contribution < 1.29 is 19.7 Å². The molecule has 4 N–H and O–H groups in total. The fourth-order valence-electron chi connectivity index (χ4n) is 1.51. The number of aromatic hydroxyl groups is 2. The van der Waals surface area contributed by atoms with Crippen molar-refractivity contribution in [2.24, 2.45) is 5.73 Å². The van der Waals surface area contributed by atoms with E-state index in [0.717, 1.165) is 0 Å². The molecule has 0 fully saturated rings. The Labute approximate surface area is 105 Å². The van der Waals surface area contributed by atoms with Crippen LogP contribution >= 0.6 is 0 Å². The summed E-state index contributed by atoms with van der Waals surface area (Å²) in [4.78, 5) is 11.7. The van der Waals surface area contributed by atoms with Gasteiger partial charge in [-0.25, -0.2) is 4.79 Å². The van der Waals surface area contributed by atoms with Gasteiger partial charge in [-0.15, -0.1) is 6.58 Å². The topological polar surface area (TPSA) is 92.8 Å². The van der Waals surface area contributed by atoms with Gasteiger partial charge in [-0.2, -0.15) is 0 Å². The number of ether oxygens (including phenoxy) is 1. The van der Waals surface area contributed by atoms with Crippen LogP contribution < -0.4 is 5.73 Å². The second kappa shape index (κ2) is 5.55. The van der Waals surface area contributed by atoms with Crippen LogP contribution in [0.15, 0.2) is 30.9 Å². The number of rotatable bonds is 5. The number of carbonyl (C=O) groups is 1. The maximum atomic E-state index is 11.7. The maximum Gasteiger partial charge on any atom is 0.330 e. The average Bonchev–Trinajstić information content (AvgIpc) is 2.34. The number of phenols is 2. The Bertz CT molecular complexity index is 458. The minimum atomic E-state index is -1.35. The number of benzene rings is 1. The minimum Gasteiger partial charge on any atom is -0.504 e. The quantitative estimate of drug-likeness (QED) is 0.414. The van der Waals surface area contributed by atoms with Crippen molar-refractivity contribution in [3.63, 3.8) is 0 Å². The first-order valence-corrected chi connectivity index (χ1v) is 5.53. The van der Waals surface area contributed by atoms with Gasteiger partial charge in [-0.3, -0.25) is 0 Å². The summed E-state index contributed by atoms with van der Waals surface area (Å²) in [7, 11) is 0. The molecule has 0 aliphatic heterocycles. The summed E-state index contributed by atoms with van der Waals surface area (Å²) in [5.41, 5.74) is 5.16. The third-order valence-corrected chi connectivity index (χ3v) is 2.56.